The third-order valence-corrected chi connectivity index (χ3v) is 5.30. The molecule has 0 bridgehead atoms. The minimum Gasteiger partial charge on any atom is -0.252 e. The molecule has 0 unspecified atom stereocenters. The highest BCUT2D eigenvalue weighted by atomic mass is 14.8. The zero-order chi connectivity index (χ0) is 17.1. The van der Waals surface area contributed by atoms with Gasteiger partial charge in [0.25, 0.3) is 0 Å². The number of rotatable bonds is 0. The average Bonchev–Trinajstić information content (AvgIpc) is 2.72. The van der Waals surface area contributed by atoms with Crippen LogP contribution in [0, 0.1) is 0 Å². The molecule has 1 heterocycles. The topological polar surface area (TPSA) is 25.8 Å². The Morgan fingerprint density at radius 2 is 1.12 bits per heavy atom. The van der Waals surface area contributed by atoms with Crippen LogP contribution < -0.4 is 0 Å². The number of benzene rings is 5. The second kappa shape index (κ2) is 4.99. The molecular formula is C24H14N2. The van der Waals surface area contributed by atoms with E-state index in [1.54, 1.807) is 12.4 Å². The summed E-state index contributed by atoms with van der Waals surface area (Å²) in [6.07, 6.45) is 3.57. The lowest BCUT2D eigenvalue weighted by molar-refractivity contribution is 1.31. The van der Waals surface area contributed by atoms with Gasteiger partial charge >= 0.3 is 0 Å². The van der Waals surface area contributed by atoms with E-state index >= 15 is 0 Å². The zero-order valence-corrected chi connectivity index (χ0v) is 14.0. The van der Waals surface area contributed by atoms with Crippen molar-refractivity contribution in [1.82, 2.24) is 9.97 Å². The van der Waals surface area contributed by atoms with E-state index in [1.165, 1.54) is 37.7 Å². The number of fused-ring (bicyclic) bond motifs is 9. The SMILES string of the molecule is c1ccc2cc3c(cc2c1)c1ccc2ccccc2c1c1nccnc31. The maximum Gasteiger partial charge on any atom is 0.0977 e. The summed E-state index contributed by atoms with van der Waals surface area (Å²) in [5.41, 5.74) is 1.94. The molecule has 0 aliphatic heterocycles. The molecule has 6 rings (SSSR count). The minimum absolute atomic E-state index is 0.970. The van der Waals surface area contributed by atoms with Crippen molar-refractivity contribution < 1.29 is 0 Å². The Balaban J connectivity index is 2.00. The number of nitrogens with zero attached hydrogens (tertiary/aromatic N) is 2. The summed E-state index contributed by atoms with van der Waals surface area (Å²) in [6, 6.07) is 26.0. The van der Waals surface area contributed by atoms with E-state index in [2.05, 4.69) is 72.8 Å². The Kier molecular flexibility index (Phi) is 2.64. The molecule has 1 aromatic heterocycles. The lowest BCUT2D eigenvalue weighted by Gasteiger charge is -2.12. The summed E-state index contributed by atoms with van der Waals surface area (Å²) < 4.78 is 0. The molecule has 0 N–H and O–H groups in total. The summed E-state index contributed by atoms with van der Waals surface area (Å²) in [7, 11) is 0. The second-order valence-corrected chi connectivity index (χ2v) is 6.71. The van der Waals surface area contributed by atoms with Crippen LogP contribution in [0.5, 0.6) is 0 Å². The van der Waals surface area contributed by atoms with Gasteiger partial charge in [-0.25, -0.2) is 0 Å². The Morgan fingerprint density at radius 3 is 1.92 bits per heavy atom. The average molecular weight is 330 g/mol. The molecule has 0 atom stereocenters. The van der Waals surface area contributed by atoms with Crippen molar-refractivity contribution in [2.45, 2.75) is 0 Å². The highest BCUT2D eigenvalue weighted by Crippen LogP contribution is 2.38. The fourth-order valence-electron chi connectivity index (χ4n) is 4.13. The summed E-state index contributed by atoms with van der Waals surface area (Å²) in [5.74, 6) is 0. The highest BCUT2D eigenvalue weighted by Gasteiger charge is 2.13. The quantitative estimate of drug-likeness (QED) is 0.243. The normalized spacial score (nSPS) is 11.8. The van der Waals surface area contributed by atoms with Crippen molar-refractivity contribution in [3.05, 3.63) is 85.2 Å². The Labute approximate surface area is 149 Å². The van der Waals surface area contributed by atoms with E-state index in [0.29, 0.717) is 0 Å². The monoisotopic (exact) mass is 330 g/mol. The summed E-state index contributed by atoms with van der Waals surface area (Å²) in [5, 5.41) is 9.75. The second-order valence-electron chi connectivity index (χ2n) is 6.71. The molecule has 0 fully saturated rings. The van der Waals surface area contributed by atoms with Gasteiger partial charge in [-0.3, -0.25) is 9.97 Å². The van der Waals surface area contributed by atoms with Crippen LogP contribution in [0.1, 0.15) is 0 Å². The molecule has 0 aliphatic carbocycles. The van der Waals surface area contributed by atoms with Gasteiger partial charge in [-0.1, -0.05) is 60.7 Å². The minimum atomic E-state index is 0.970. The lowest BCUT2D eigenvalue weighted by atomic mass is 9.93. The van der Waals surface area contributed by atoms with Crippen LogP contribution in [-0.4, -0.2) is 9.97 Å². The van der Waals surface area contributed by atoms with Crippen LogP contribution >= 0.6 is 0 Å². The molecule has 2 nitrogen and oxygen atoms in total. The van der Waals surface area contributed by atoms with Gasteiger partial charge in [0.1, 0.15) is 0 Å². The van der Waals surface area contributed by atoms with Crippen molar-refractivity contribution in [1.29, 1.82) is 0 Å². The summed E-state index contributed by atoms with van der Waals surface area (Å²) in [4.78, 5) is 9.44. The maximum atomic E-state index is 4.73. The molecular weight excluding hydrogens is 316 g/mol. The third kappa shape index (κ3) is 1.76. The molecule has 120 valence electrons. The first kappa shape index (κ1) is 13.7. The van der Waals surface area contributed by atoms with E-state index in [4.69, 9.17) is 9.97 Å². The molecule has 2 heteroatoms. The molecule has 0 spiro atoms. The summed E-state index contributed by atoms with van der Waals surface area (Å²) >= 11 is 0. The molecule has 0 radical (unpaired) electrons. The molecule has 6 aromatic rings. The first-order valence-electron chi connectivity index (χ1n) is 8.77. The van der Waals surface area contributed by atoms with Gasteiger partial charge in [-0.2, -0.15) is 0 Å². The predicted molar refractivity (Wildman–Crippen MR) is 110 cm³/mol. The first-order chi connectivity index (χ1) is 12.9. The lowest BCUT2D eigenvalue weighted by Crippen LogP contribution is -1.90. The Hall–Kier alpha value is -3.52. The van der Waals surface area contributed by atoms with Crippen molar-refractivity contribution in [3.63, 3.8) is 0 Å². The van der Waals surface area contributed by atoms with Gasteiger partial charge in [-0.05, 0) is 44.5 Å². The molecule has 5 aromatic carbocycles. The Bertz CT molecular complexity index is 1470. The zero-order valence-electron chi connectivity index (χ0n) is 14.0. The smallest absolute Gasteiger partial charge is 0.0977 e. The van der Waals surface area contributed by atoms with Gasteiger partial charge < -0.3 is 0 Å². The van der Waals surface area contributed by atoms with Crippen LogP contribution in [-0.2, 0) is 0 Å². The predicted octanol–water partition coefficient (Wildman–Crippen LogP) is 6.24. The molecule has 0 amide bonds. The fraction of sp³-hybridized carbons (Fsp3) is 0. The van der Waals surface area contributed by atoms with Crippen LogP contribution in [0.3, 0.4) is 0 Å². The van der Waals surface area contributed by atoms with Gasteiger partial charge in [0.2, 0.25) is 0 Å². The standard InChI is InChI=1S/C24H14N2/c1-2-7-17-14-21-20(13-16(17)6-1)19-10-9-15-5-3-4-8-18(15)22(19)24-23(21)25-11-12-26-24/h1-14H. The number of aromatic nitrogens is 2. The van der Waals surface area contributed by atoms with E-state index in [0.717, 1.165) is 16.4 Å². The summed E-state index contributed by atoms with van der Waals surface area (Å²) in [6.45, 7) is 0. The van der Waals surface area contributed by atoms with Gasteiger partial charge in [0.05, 0.1) is 11.0 Å². The van der Waals surface area contributed by atoms with Crippen LogP contribution in [0.25, 0.3) is 54.1 Å². The largest absolute Gasteiger partial charge is 0.252 e. The van der Waals surface area contributed by atoms with Crippen molar-refractivity contribution in [2.75, 3.05) is 0 Å². The molecule has 0 aliphatic rings. The number of hydrogen-bond acceptors (Lipinski definition) is 2. The van der Waals surface area contributed by atoms with Gasteiger partial charge in [-0.15, -0.1) is 0 Å². The van der Waals surface area contributed by atoms with Crippen LogP contribution in [0.2, 0.25) is 0 Å². The Morgan fingerprint density at radius 1 is 0.462 bits per heavy atom. The van der Waals surface area contributed by atoms with Gasteiger partial charge in [0, 0.05) is 23.2 Å². The van der Waals surface area contributed by atoms with Crippen molar-refractivity contribution in [2.24, 2.45) is 0 Å². The first-order valence-corrected chi connectivity index (χ1v) is 8.77. The van der Waals surface area contributed by atoms with Crippen molar-refractivity contribution in [3.8, 4) is 0 Å². The third-order valence-electron chi connectivity index (χ3n) is 5.30. The van der Waals surface area contributed by atoms with Crippen LogP contribution in [0.15, 0.2) is 85.2 Å². The van der Waals surface area contributed by atoms with Gasteiger partial charge in [0.15, 0.2) is 0 Å². The molecule has 0 saturated carbocycles. The number of hydrogen-bond donors (Lipinski definition) is 0. The van der Waals surface area contributed by atoms with E-state index in [-0.39, 0.29) is 0 Å². The van der Waals surface area contributed by atoms with Crippen LogP contribution in [0.4, 0.5) is 0 Å². The van der Waals surface area contributed by atoms with E-state index in [1.807, 2.05) is 0 Å². The van der Waals surface area contributed by atoms with Crippen molar-refractivity contribution >= 4 is 54.1 Å². The van der Waals surface area contributed by atoms with E-state index < -0.39 is 0 Å². The van der Waals surface area contributed by atoms with E-state index in [9.17, 15) is 0 Å². The fourth-order valence-corrected chi connectivity index (χ4v) is 4.13. The highest BCUT2D eigenvalue weighted by molar-refractivity contribution is 6.30. The molecule has 0 saturated heterocycles. The maximum absolute atomic E-state index is 4.73. The molecule has 26 heavy (non-hydrogen) atoms.